The van der Waals surface area contributed by atoms with Crippen LogP contribution in [0.1, 0.15) is 54.7 Å². The van der Waals surface area contributed by atoms with Crippen molar-refractivity contribution in [3.63, 3.8) is 0 Å². The minimum Gasteiger partial charge on any atom is -0.497 e. The molecule has 34 heavy (non-hydrogen) atoms. The van der Waals surface area contributed by atoms with Crippen LogP contribution in [-0.2, 0) is 11.4 Å². The summed E-state index contributed by atoms with van der Waals surface area (Å²) < 4.78 is 26.0. The number of benzene rings is 3. The first-order valence-electron chi connectivity index (χ1n) is 11.3. The summed E-state index contributed by atoms with van der Waals surface area (Å²) >= 11 is 0. The van der Waals surface area contributed by atoms with E-state index in [4.69, 9.17) is 14.6 Å². The van der Waals surface area contributed by atoms with E-state index in [1.54, 1.807) is 26.2 Å². The third-order valence-electron chi connectivity index (χ3n) is 5.98. The Bertz CT molecular complexity index is 1230. The van der Waals surface area contributed by atoms with Crippen molar-refractivity contribution in [1.29, 1.82) is 0 Å². The second-order valence-electron chi connectivity index (χ2n) is 8.44. The number of ether oxygens (including phenoxy) is 2. The number of carboxylic acid groups (broad SMARTS) is 1. The molecule has 0 spiro atoms. The topological polar surface area (TPSA) is 55.8 Å². The number of hydrogen-bond acceptors (Lipinski definition) is 3. The van der Waals surface area contributed by atoms with E-state index in [1.807, 2.05) is 36.4 Å². The zero-order valence-corrected chi connectivity index (χ0v) is 19.3. The Morgan fingerprint density at radius 2 is 1.79 bits per heavy atom. The molecule has 3 aromatic carbocycles. The van der Waals surface area contributed by atoms with Gasteiger partial charge in [0.05, 0.1) is 19.4 Å². The molecule has 0 aromatic heterocycles. The third-order valence-corrected chi connectivity index (χ3v) is 5.98. The van der Waals surface area contributed by atoms with Crippen molar-refractivity contribution in [2.24, 2.45) is 0 Å². The van der Waals surface area contributed by atoms with E-state index in [2.05, 4.69) is 17.9 Å². The largest absolute Gasteiger partial charge is 0.497 e. The fourth-order valence-corrected chi connectivity index (χ4v) is 4.08. The molecule has 0 bridgehead atoms. The van der Waals surface area contributed by atoms with Crippen molar-refractivity contribution in [2.45, 2.75) is 44.6 Å². The number of rotatable bonds is 9. The highest BCUT2D eigenvalue weighted by Crippen LogP contribution is 2.45. The zero-order valence-electron chi connectivity index (χ0n) is 19.3. The Kier molecular flexibility index (Phi) is 7.18. The van der Waals surface area contributed by atoms with E-state index in [0.717, 1.165) is 35.1 Å². The number of methoxy groups -OCH3 is 1. The summed E-state index contributed by atoms with van der Waals surface area (Å²) in [5.41, 5.74) is 4.35. The van der Waals surface area contributed by atoms with Crippen LogP contribution in [0.5, 0.6) is 11.5 Å². The highest BCUT2D eigenvalue weighted by atomic mass is 19.1. The minimum atomic E-state index is -0.883. The van der Waals surface area contributed by atoms with Gasteiger partial charge in [-0.05, 0) is 84.3 Å². The summed E-state index contributed by atoms with van der Waals surface area (Å²) in [6, 6.07) is 18.3. The molecular formula is C29H27FO4. The van der Waals surface area contributed by atoms with Crippen LogP contribution in [0.25, 0.3) is 11.1 Å². The lowest BCUT2D eigenvalue weighted by atomic mass is 9.94. The first kappa shape index (κ1) is 23.4. The van der Waals surface area contributed by atoms with E-state index in [9.17, 15) is 9.18 Å². The Hall–Kier alpha value is -3.78. The average Bonchev–Trinajstić information content (AvgIpc) is 3.68. The Morgan fingerprint density at radius 3 is 2.44 bits per heavy atom. The van der Waals surface area contributed by atoms with Crippen LogP contribution in [0.4, 0.5) is 4.39 Å². The molecule has 4 nitrogen and oxygen atoms in total. The molecule has 0 heterocycles. The minimum absolute atomic E-state index is 0.0437. The van der Waals surface area contributed by atoms with Gasteiger partial charge < -0.3 is 14.6 Å². The zero-order chi connectivity index (χ0) is 24.1. The van der Waals surface area contributed by atoms with Gasteiger partial charge in [-0.25, -0.2) is 4.39 Å². The second kappa shape index (κ2) is 10.4. The highest BCUT2D eigenvalue weighted by Gasteiger charge is 2.27. The molecule has 5 heteroatoms. The van der Waals surface area contributed by atoms with Crippen LogP contribution in [0.2, 0.25) is 0 Å². The van der Waals surface area contributed by atoms with Crippen molar-refractivity contribution in [3.05, 3.63) is 83.2 Å². The molecule has 3 aromatic rings. The average molecular weight is 459 g/mol. The van der Waals surface area contributed by atoms with E-state index in [-0.39, 0.29) is 18.2 Å². The lowest BCUT2D eigenvalue weighted by Gasteiger charge is -2.15. The van der Waals surface area contributed by atoms with Crippen molar-refractivity contribution >= 4 is 5.97 Å². The molecule has 0 radical (unpaired) electrons. The summed E-state index contributed by atoms with van der Waals surface area (Å²) in [6.45, 7) is 2.03. The lowest BCUT2D eigenvalue weighted by Crippen LogP contribution is -2.04. The van der Waals surface area contributed by atoms with Crippen molar-refractivity contribution in [1.82, 2.24) is 0 Å². The van der Waals surface area contributed by atoms with Crippen LogP contribution < -0.4 is 9.47 Å². The number of aliphatic carboxylic acids is 1. The van der Waals surface area contributed by atoms with E-state index in [0.29, 0.717) is 29.6 Å². The van der Waals surface area contributed by atoms with Crippen LogP contribution in [0, 0.1) is 17.7 Å². The maximum atomic E-state index is 14.7. The van der Waals surface area contributed by atoms with Crippen LogP contribution in [-0.4, -0.2) is 18.2 Å². The highest BCUT2D eigenvalue weighted by molar-refractivity contribution is 5.71. The SMILES string of the molecule is CC#C[C@@H](CC(=O)O)c1ccc(OCc2ccc(C3CC3)c(-c3cc(OC)ccc3F)c2)cc1. The summed E-state index contributed by atoms with van der Waals surface area (Å²) in [5.74, 6) is 5.99. The normalized spacial score (nSPS) is 13.5. The van der Waals surface area contributed by atoms with E-state index in [1.165, 1.54) is 6.07 Å². The van der Waals surface area contributed by atoms with Crippen molar-refractivity contribution in [2.75, 3.05) is 7.11 Å². The van der Waals surface area contributed by atoms with E-state index >= 15 is 0 Å². The summed E-state index contributed by atoms with van der Waals surface area (Å²) in [5, 5.41) is 9.12. The van der Waals surface area contributed by atoms with Gasteiger partial charge in [-0.2, -0.15) is 0 Å². The van der Waals surface area contributed by atoms with Gasteiger partial charge in [0.1, 0.15) is 23.9 Å². The van der Waals surface area contributed by atoms with Gasteiger partial charge in [-0.1, -0.05) is 30.2 Å². The molecule has 0 saturated heterocycles. The maximum Gasteiger partial charge on any atom is 0.304 e. The van der Waals surface area contributed by atoms with Gasteiger partial charge >= 0.3 is 5.97 Å². The molecule has 1 aliphatic carbocycles. The number of carbonyl (C=O) groups is 1. The van der Waals surface area contributed by atoms with E-state index < -0.39 is 5.97 Å². The Labute approximate surface area is 199 Å². The molecule has 0 unspecified atom stereocenters. The van der Waals surface area contributed by atoms with Crippen LogP contribution >= 0.6 is 0 Å². The summed E-state index contributed by atoms with van der Waals surface area (Å²) in [7, 11) is 1.58. The third kappa shape index (κ3) is 5.58. The van der Waals surface area contributed by atoms with Gasteiger partial charge in [0.25, 0.3) is 0 Å². The molecule has 1 fully saturated rings. The monoisotopic (exact) mass is 458 g/mol. The molecule has 1 saturated carbocycles. The van der Waals surface area contributed by atoms with Gasteiger partial charge in [-0.3, -0.25) is 4.79 Å². The van der Waals surface area contributed by atoms with Crippen LogP contribution in [0.3, 0.4) is 0 Å². The quantitative estimate of drug-likeness (QED) is 0.370. The first-order chi connectivity index (χ1) is 16.5. The predicted octanol–water partition coefficient (Wildman–Crippen LogP) is 6.54. The van der Waals surface area contributed by atoms with Crippen molar-refractivity contribution < 1.29 is 23.8 Å². The van der Waals surface area contributed by atoms with Gasteiger partial charge in [0.2, 0.25) is 0 Å². The summed E-state index contributed by atoms with van der Waals surface area (Å²) in [6.07, 6.45) is 2.19. The lowest BCUT2D eigenvalue weighted by molar-refractivity contribution is -0.137. The molecule has 4 rings (SSSR count). The smallest absolute Gasteiger partial charge is 0.304 e. The standard InChI is InChI=1S/C29H27FO4/c1-3-4-22(16-29(31)32)20-8-10-23(11-9-20)34-18-19-5-13-25(21-6-7-21)26(15-19)27-17-24(33-2)12-14-28(27)30/h5,8-15,17,21-22H,6-7,16,18H2,1-2H3,(H,31,32)/t22-/m0/s1. The molecule has 0 aliphatic heterocycles. The number of halogens is 1. The first-order valence-corrected chi connectivity index (χ1v) is 11.3. The molecule has 1 atom stereocenters. The molecule has 174 valence electrons. The molecule has 0 amide bonds. The molecular weight excluding hydrogens is 431 g/mol. The van der Waals surface area contributed by atoms with Crippen molar-refractivity contribution in [3.8, 4) is 34.5 Å². The number of carboxylic acids is 1. The Morgan fingerprint density at radius 1 is 1.06 bits per heavy atom. The predicted molar refractivity (Wildman–Crippen MR) is 130 cm³/mol. The number of hydrogen-bond donors (Lipinski definition) is 1. The second-order valence-corrected chi connectivity index (χ2v) is 8.44. The van der Waals surface area contributed by atoms with Crippen LogP contribution in [0.15, 0.2) is 60.7 Å². The van der Waals surface area contributed by atoms with Gasteiger partial charge in [-0.15, -0.1) is 5.92 Å². The van der Waals surface area contributed by atoms with Gasteiger partial charge in [0.15, 0.2) is 0 Å². The fraction of sp³-hybridized carbons (Fsp3) is 0.276. The summed E-state index contributed by atoms with van der Waals surface area (Å²) in [4.78, 5) is 11.1. The Balaban J connectivity index is 1.53. The maximum absolute atomic E-state index is 14.7. The molecule has 1 aliphatic rings. The fourth-order valence-electron chi connectivity index (χ4n) is 4.08. The van der Waals surface area contributed by atoms with Gasteiger partial charge in [0, 0.05) is 5.56 Å². The molecule has 1 N–H and O–H groups in total.